The Bertz CT molecular complexity index is 610. The van der Waals surface area contributed by atoms with Gasteiger partial charge in [-0.25, -0.2) is 0 Å². The lowest BCUT2D eigenvalue weighted by Gasteiger charge is -2.26. The molecule has 1 atom stereocenters. The Morgan fingerprint density at radius 3 is 2.75 bits per heavy atom. The summed E-state index contributed by atoms with van der Waals surface area (Å²) in [5.74, 6) is 0.759. The molecule has 0 saturated carbocycles. The molecule has 0 aromatic heterocycles. The summed E-state index contributed by atoms with van der Waals surface area (Å²) in [6.07, 6.45) is 1.14. The highest BCUT2D eigenvalue weighted by Gasteiger charge is 2.19. The number of ether oxygens (including phenoxy) is 1. The highest BCUT2D eigenvalue weighted by Crippen LogP contribution is 2.26. The molecule has 0 fully saturated rings. The van der Waals surface area contributed by atoms with Gasteiger partial charge < -0.3 is 14.7 Å². The van der Waals surface area contributed by atoms with E-state index in [0.29, 0.717) is 5.75 Å². The van der Waals surface area contributed by atoms with Gasteiger partial charge in [-0.15, -0.1) is 0 Å². The third-order valence-electron chi connectivity index (χ3n) is 4.00. The second-order valence-electron chi connectivity index (χ2n) is 5.38. The van der Waals surface area contributed by atoms with Crippen molar-refractivity contribution in [1.29, 1.82) is 0 Å². The molecule has 1 heterocycles. The van der Waals surface area contributed by atoms with Gasteiger partial charge in [0.1, 0.15) is 13.1 Å². The summed E-state index contributed by atoms with van der Waals surface area (Å²) in [7, 11) is 1.59. The number of methoxy groups -OCH3 is 1. The van der Waals surface area contributed by atoms with E-state index in [1.807, 2.05) is 12.1 Å². The van der Waals surface area contributed by atoms with Crippen molar-refractivity contribution in [2.45, 2.75) is 19.5 Å². The maximum absolute atomic E-state index is 9.64. The van der Waals surface area contributed by atoms with E-state index in [1.165, 1.54) is 16.7 Å². The first-order valence-corrected chi connectivity index (χ1v) is 7.02. The Morgan fingerprint density at radius 2 is 1.95 bits per heavy atom. The number of quaternary nitrogens is 1. The summed E-state index contributed by atoms with van der Waals surface area (Å²) in [6.45, 7) is 3.19. The Morgan fingerprint density at radius 1 is 1.15 bits per heavy atom. The van der Waals surface area contributed by atoms with Crippen molar-refractivity contribution >= 4 is 0 Å². The predicted octanol–water partition coefficient (Wildman–Crippen LogP) is 1.54. The van der Waals surface area contributed by atoms with Gasteiger partial charge in [-0.05, 0) is 23.8 Å². The van der Waals surface area contributed by atoms with Crippen LogP contribution in [0, 0.1) is 0 Å². The van der Waals surface area contributed by atoms with Gasteiger partial charge in [-0.3, -0.25) is 0 Å². The van der Waals surface area contributed by atoms with Crippen molar-refractivity contribution in [1.82, 2.24) is 0 Å². The molecule has 0 saturated heterocycles. The average molecular weight is 270 g/mol. The zero-order valence-corrected chi connectivity index (χ0v) is 11.7. The SMILES string of the molecule is COc1cc(C[NH+]2CCc3ccccc3C2)ccc1O. The number of phenolic OH excluding ortho intramolecular Hbond substituents is 1. The van der Waals surface area contributed by atoms with Gasteiger partial charge in [0, 0.05) is 17.5 Å². The molecule has 2 N–H and O–H groups in total. The van der Waals surface area contributed by atoms with E-state index in [0.717, 1.165) is 26.1 Å². The van der Waals surface area contributed by atoms with Crippen LogP contribution < -0.4 is 9.64 Å². The maximum atomic E-state index is 9.64. The zero-order chi connectivity index (χ0) is 13.9. The van der Waals surface area contributed by atoms with Crippen LogP contribution in [-0.4, -0.2) is 18.8 Å². The summed E-state index contributed by atoms with van der Waals surface area (Å²) in [6, 6.07) is 14.3. The standard InChI is InChI=1S/C17H19NO2/c1-20-17-10-13(6-7-16(17)19)11-18-9-8-14-4-2-3-5-15(14)12-18/h2-7,10,19H,8-9,11-12H2,1H3/p+1. The lowest BCUT2D eigenvalue weighted by Crippen LogP contribution is -3.10. The first-order valence-electron chi connectivity index (χ1n) is 7.02. The van der Waals surface area contributed by atoms with Crippen LogP contribution in [0.15, 0.2) is 42.5 Å². The minimum atomic E-state index is 0.204. The normalized spacial score (nSPS) is 17.6. The van der Waals surface area contributed by atoms with Gasteiger partial charge in [0.2, 0.25) is 0 Å². The molecule has 0 amide bonds. The maximum Gasteiger partial charge on any atom is 0.160 e. The monoisotopic (exact) mass is 270 g/mol. The summed E-state index contributed by atoms with van der Waals surface area (Å²) < 4.78 is 5.17. The lowest BCUT2D eigenvalue weighted by atomic mass is 9.99. The van der Waals surface area contributed by atoms with Gasteiger partial charge in [0.25, 0.3) is 0 Å². The summed E-state index contributed by atoms with van der Waals surface area (Å²) >= 11 is 0. The number of benzene rings is 2. The highest BCUT2D eigenvalue weighted by atomic mass is 16.5. The van der Waals surface area contributed by atoms with Crippen LogP contribution in [0.5, 0.6) is 11.5 Å². The number of phenols is 1. The molecular formula is C17H20NO2+. The van der Waals surface area contributed by atoms with Crippen molar-refractivity contribution in [3.63, 3.8) is 0 Å². The van der Waals surface area contributed by atoms with E-state index in [1.54, 1.807) is 18.1 Å². The lowest BCUT2D eigenvalue weighted by molar-refractivity contribution is -0.929. The van der Waals surface area contributed by atoms with Crippen molar-refractivity contribution in [3.8, 4) is 11.5 Å². The number of hydrogen-bond acceptors (Lipinski definition) is 2. The molecule has 2 aromatic rings. The minimum absolute atomic E-state index is 0.204. The van der Waals surface area contributed by atoms with Gasteiger partial charge >= 0.3 is 0 Å². The van der Waals surface area contributed by atoms with Gasteiger partial charge in [-0.2, -0.15) is 0 Å². The molecule has 20 heavy (non-hydrogen) atoms. The molecule has 3 nitrogen and oxygen atoms in total. The van der Waals surface area contributed by atoms with E-state index in [9.17, 15) is 5.11 Å². The van der Waals surface area contributed by atoms with Crippen LogP contribution >= 0.6 is 0 Å². The molecule has 1 aliphatic rings. The smallest absolute Gasteiger partial charge is 0.160 e. The second kappa shape index (κ2) is 5.55. The molecule has 3 heteroatoms. The quantitative estimate of drug-likeness (QED) is 0.887. The van der Waals surface area contributed by atoms with E-state index in [-0.39, 0.29) is 5.75 Å². The largest absolute Gasteiger partial charge is 0.504 e. The first kappa shape index (κ1) is 13.0. The van der Waals surface area contributed by atoms with Crippen molar-refractivity contribution in [2.24, 2.45) is 0 Å². The minimum Gasteiger partial charge on any atom is -0.504 e. The number of nitrogens with one attached hydrogen (secondary N) is 1. The summed E-state index contributed by atoms with van der Waals surface area (Å²) in [5.41, 5.74) is 4.15. The number of aromatic hydroxyl groups is 1. The van der Waals surface area contributed by atoms with E-state index in [4.69, 9.17) is 4.74 Å². The Hall–Kier alpha value is -2.00. The zero-order valence-electron chi connectivity index (χ0n) is 11.7. The fourth-order valence-electron chi connectivity index (χ4n) is 2.91. The van der Waals surface area contributed by atoms with Gasteiger partial charge in [0.15, 0.2) is 11.5 Å². The highest BCUT2D eigenvalue weighted by molar-refractivity contribution is 5.41. The molecule has 104 valence electrons. The second-order valence-corrected chi connectivity index (χ2v) is 5.38. The van der Waals surface area contributed by atoms with Crippen LogP contribution in [0.2, 0.25) is 0 Å². The van der Waals surface area contributed by atoms with E-state index in [2.05, 4.69) is 24.3 Å². The molecule has 3 rings (SSSR count). The van der Waals surface area contributed by atoms with Crippen molar-refractivity contribution in [3.05, 3.63) is 59.2 Å². The molecule has 0 aliphatic carbocycles. The summed E-state index contributed by atoms with van der Waals surface area (Å²) in [4.78, 5) is 1.55. The van der Waals surface area contributed by atoms with Crippen LogP contribution in [0.25, 0.3) is 0 Å². The van der Waals surface area contributed by atoms with Crippen LogP contribution in [-0.2, 0) is 19.5 Å². The Labute approximate surface area is 119 Å². The fourth-order valence-corrected chi connectivity index (χ4v) is 2.91. The number of fused-ring (bicyclic) bond motifs is 1. The van der Waals surface area contributed by atoms with Crippen LogP contribution in [0.4, 0.5) is 0 Å². The third kappa shape index (κ3) is 2.63. The van der Waals surface area contributed by atoms with Gasteiger partial charge in [0.05, 0.1) is 13.7 Å². The van der Waals surface area contributed by atoms with Gasteiger partial charge in [-0.1, -0.05) is 24.3 Å². The Balaban J connectivity index is 1.73. The molecule has 2 aromatic carbocycles. The Kier molecular flexibility index (Phi) is 3.61. The molecule has 0 bridgehead atoms. The molecule has 1 aliphatic heterocycles. The average Bonchev–Trinajstić information content (AvgIpc) is 2.49. The first-order chi connectivity index (χ1) is 9.76. The van der Waals surface area contributed by atoms with Crippen molar-refractivity contribution < 1.29 is 14.7 Å². The van der Waals surface area contributed by atoms with Crippen LogP contribution in [0.3, 0.4) is 0 Å². The molecule has 1 unspecified atom stereocenters. The number of rotatable bonds is 3. The predicted molar refractivity (Wildman–Crippen MR) is 78.0 cm³/mol. The fraction of sp³-hybridized carbons (Fsp3) is 0.294. The molecule has 0 radical (unpaired) electrons. The van der Waals surface area contributed by atoms with Crippen molar-refractivity contribution in [2.75, 3.05) is 13.7 Å². The topological polar surface area (TPSA) is 33.9 Å². The summed E-state index contributed by atoms with van der Waals surface area (Å²) in [5, 5.41) is 9.64. The number of hydrogen-bond donors (Lipinski definition) is 2. The van der Waals surface area contributed by atoms with E-state index >= 15 is 0 Å². The van der Waals surface area contributed by atoms with Crippen LogP contribution in [0.1, 0.15) is 16.7 Å². The third-order valence-corrected chi connectivity index (χ3v) is 4.00. The molecular weight excluding hydrogens is 250 g/mol. The van der Waals surface area contributed by atoms with E-state index < -0.39 is 0 Å². The molecule has 0 spiro atoms.